The van der Waals surface area contributed by atoms with Gasteiger partial charge in [-0.1, -0.05) is 55.5 Å². The molecule has 1 aromatic heterocycles. The Morgan fingerprint density at radius 2 is 2.08 bits per heavy atom. The van der Waals surface area contributed by atoms with Crippen molar-refractivity contribution in [3.8, 4) is 0 Å². The van der Waals surface area contributed by atoms with Crippen LogP contribution in [0.1, 0.15) is 38.2 Å². The molecule has 2 rings (SSSR count). The van der Waals surface area contributed by atoms with Gasteiger partial charge in [0.15, 0.2) is 0 Å². The van der Waals surface area contributed by atoms with Gasteiger partial charge < -0.3 is 9.30 Å². The number of thioether (sulfide) groups is 1. The Bertz CT molecular complexity index is 607. The lowest BCUT2D eigenvalue weighted by molar-refractivity contribution is 0.128. The normalized spacial score (nSPS) is 12.4. The van der Waals surface area contributed by atoms with Gasteiger partial charge in [-0.3, -0.25) is 0 Å². The highest BCUT2D eigenvalue weighted by molar-refractivity contribution is 7.99. The van der Waals surface area contributed by atoms with Gasteiger partial charge in [-0.15, -0.1) is 11.8 Å². The van der Waals surface area contributed by atoms with Gasteiger partial charge in [0.1, 0.15) is 0 Å². The standard InChI is InChI=1S/C19H26Cl2N2OS/c1-2-3-4-5-10-24-13-17(12-23-9-8-22-15-23)25-14-16-6-7-18(20)19(21)11-16/h6-9,11,15,17H,2-5,10,12-14H2,1H3. The van der Waals surface area contributed by atoms with Crippen LogP contribution in [0.2, 0.25) is 10.0 Å². The van der Waals surface area contributed by atoms with Gasteiger partial charge in [0, 0.05) is 36.5 Å². The molecule has 6 heteroatoms. The highest BCUT2D eigenvalue weighted by atomic mass is 35.5. The molecule has 0 saturated heterocycles. The van der Waals surface area contributed by atoms with Gasteiger partial charge in [-0.05, 0) is 24.1 Å². The molecule has 0 N–H and O–H groups in total. The lowest BCUT2D eigenvalue weighted by atomic mass is 10.2. The number of imidazole rings is 1. The maximum Gasteiger partial charge on any atom is 0.0946 e. The van der Waals surface area contributed by atoms with Crippen LogP contribution in [-0.2, 0) is 17.0 Å². The first-order valence-corrected chi connectivity index (χ1v) is 10.6. The topological polar surface area (TPSA) is 27.1 Å². The number of aromatic nitrogens is 2. The van der Waals surface area contributed by atoms with Gasteiger partial charge in [-0.2, -0.15) is 0 Å². The van der Waals surface area contributed by atoms with Crippen LogP contribution in [0.4, 0.5) is 0 Å². The van der Waals surface area contributed by atoms with E-state index in [1.54, 1.807) is 0 Å². The summed E-state index contributed by atoms with van der Waals surface area (Å²) < 4.78 is 8.02. The van der Waals surface area contributed by atoms with E-state index in [2.05, 4.69) is 16.5 Å². The van der Waals surface area contributed by atoms with E-state index in [9.17, 15) is 0 Å². The molecule has 0 saturated carbocycles. The van der Waals surface area contributed by atoms with Crippen LogP contribution in [0.15, 0.2) is 36.9 Å². The number of benzene rings is 1. The van der Waals surface area contributed by atoms with Crippen molar-refractivity contribution in [1.29, 1.82) is 0 Å². The zero-order valence-corrected chi connectivity index (χ0v) is 17.0. The van der Waals surface area contributed by atoms with E-state index in [1.807, 2.05) is 48.7 Å². The Labute approximate surface area is 165 Å². The van der Waals surface area contributed by atoms with Crippen molar-refractivity contribution in [2.45, 2.75) is 50.2 Å². The molecule has 1 aromatic carbocycles. The van der Waals surface area contributed by atoms with Crippen molar-refractivity contribution in [1.82, 2.24) is 9.55 Å². The molecule has 1 atom stereocenters. The van der Waals surface area contributed by atoms with Crippen molar-refractivity contribution >= 4 is 35.0 Å². The van der Waals surface area contributed by atoms with E-state index in [-0.39, 0.29) is 0 Å². The van der Waals surface area contributed by atoms with E-state index < -0.39 is 0 Å². The predicted molar refractivity (Wildman–Crippen MR) is 109 cm³/mol. The van der Waals surface area contributed by atoms with Gasteiger partial charge >= 0.3 is 0 Å². The average molecular weight is 401 g/mol. The lowest BCUT2D eigenvalue weighted by Gasteiger charge is -2.18. The molecule has 0 aliphatic heterocycles. The monoisotopic (exact) mass is 400 g/mol. The zero-order chi connectivity index (χ0) is 17.9. The van der Waals surface area contributed by atoms with Crippen molar-refractivity contribution in [3.63, 3.8) is 0 Å². The molecule has 0 amide bonds. The summed E-state index contributed by atoms with van der Waals surface area (Å²) in [5, 5.41) is 1.58. The number of hydrogen-bond donors (Lipinski definition) is 0. The molecule has 0 aliphatic rings. The Morgan fingerprint density at radius 3 is 2.80 bits per heavy atom. The maximum absolute atomic E-state index is 6.11. The maximum atomic E-state index is 6.11. The van der Waals surface area contributed by atoms with Gasteiger partial charge in [0.2, 0.25) is 0 Å². The van der Waals surface area contributed by atoms with E-state index in [4.69, 9.17) is 27.9 Å². The molecule has 0 bridgehead atoms. The molecule has 3 nitrogen and oxygen atoms in total. The SMILES string of the molecule is CCCCCCOCC(Cn1ccnc1)SCc1ccc(Cl)c(Cl)c1. The van der Waals surface area contributed by atoms with Crippen molar-refractivity contribution < 1.29 is 4.74 Å². The molecular weight excluding hydrogens is 375 g/mol. The Kier molecular flexibility index (Phi) is 9.77. The second-order valence-corrected chi connectivity index (χ2v) is 8.18. The minimum atomic E-state index is 0.370. The van der Waals surface area contributed by atoms with Crippen LogP contribution in [0.5, 0.6) is 0 Å². The third-order valence-corrected chi connectivity index (χ3v) is 5.88. The first-order chi connectivity index (χ1) is 12.2. The summed E-state index contributed by atoms with van der Waals surface area (Å²) in [4.78, 5) is 4.13. The fraction of sp³-hybridized carbons (Fsp3) is 0.526. The predicted octanol–water partition coefficient (Wildman–Crippen LogP) is 6.09. The van der Waals surface area contributed by atoms with Crippen molar-refractivity contribution in [2.75, 3.05) is 13.2 Å². The fourth-order valence-corrected chi connectivity index (χ4v) is 3.87. The van der Waals surface area contributed by atoms with Crippen LogP contribution < -0.4 is 0 Å². The number of halogens is 2. The van der Waals surface area contributed by atoms with E-state index >= 15 is 0 Å². The number of ether oxygens (including phenoxy) is 1. The molecule has 0 spiro atoms. The summed E-state index contributed by atoms with van der Waals surface area (Å²) in [5.41, 5.74) is 1.18. The minimum absolute atomic E-state index is 0.370. The van der Waals surface area contributed by atoms with Gasteiger partial charge in [0.25, 0.3) is 0 Å². The molecular formula is C19H26Cl2N2OS. The Hall–Kier alpha value is -0.680. The molecule has 0 fully saturated rings. The lowest BCUT2D eigenvalue weighted by Crippen LogP contribution is -2.19. The number of unbranched alkanes of at least 4 members (excludes halogenated alkanes) is 3. The summed E-state index contributed by atoms with van der Waals surface area (Å²) in [5.74, 6) is 0.884. The summed E-state index contributed by atoms with van der Waals surface area (Å²) in [6.07, 6.45) is 10.6. The Morgan fingerprint density at radius 1 is 1.20 bits per heavy atom. The van der Waals surface area contributed by atoms with E-state index in [1.165, 1.54) is 24.8 Å². The second-order valence-electron chi connectivity index (χ2n) is 6.08. The zero-order valence-electron chi connectivity index (χ0n) is 14.7. The molecule has 25 heavy (non-hydrogen) atoms. The van der Waals surface area contributed by atoms with Gasteiger partial charge in [0.05, 0.1) is 23.0 Å². The Balaban J connectivity index is 1.81. The fourth-order valence-electron chi connectivity index (χ4n) is 2.47. The third kappa shape index (κ3) is 8.04. The highest BCUT2D eigenvalue weighted by Gasteiger charge is 2.12. The number of nitrogens with zero attached hydrogens (tertiary/aromatic N) is 2. The highest BCUT2D eigenvalue weighted by Crippen LogP contribution is 2.26. The molecule has 2 aromatic rings. The quantitative estimate of drug-likeness (QED) is 0.403. The van der Waals surface area contributed by atoms with Crippen LogP contribution >= 0.6 is 35.0 Å². The summed E-state index contributed by atoms with van der Waals surface area (Å²) in [6.45, 7) is 4.70. The smallest absolute Gasteiger partial charge is 0.0946 e. The van der Waals surface area contributed by atoms with Crippen molar-refractivity contribution in [3.05, 3.63) is 52.5 Å². The largest absolute Gasteiger partial charge is 0.380 e. The van der Waals surface area contributed by atoms with E-state index in [0.29, 0.717) is 15.3 Å². The van der Waals surface area contributed by atoms with Crippen LogP contribution in [0.25, 0.3) is 0 Å². The van der Waals surface area contributed by atoms with Crippen LogP contribution in [0.3, 0.4) is 0 Å². The summed E-state index contributed by atoms with van der Waals surface area (Å²) in [6, 6.07) is 5.83. The third-order valence-electron chi connectivity index (χ3n) is 3.89. The summed E-state index contributed by atoms with van der Waals surface area (Å²) in [7, 11) is 0. The van der Waals surface area contributed by atoms with Crippen LogP contribution in [0, 0.1) is 0 Å². The minimum Gasteiger partial charge on any atom is -0.380 e. The van der Waals surface area contributed by atoms with Crippen LogP contribution in [-0.4, -0.2) is 28.0 Å². The van der Waals surface area contributed by atoms with E-state index in [0.717, 1.165) is 31.9 Å². The summed E-state index contributed by atoms with van der Waals surface area (Å²) >= 11 is 14.0. The molecule has 0 radical (unpaired) electrons. The number of hydrogen-bond acceptors (Lipinski definition) is 3. The molecule has 1 heterocycles. The van der Waals surface area contributed by atoms with Gasteiger partial charge in [-0.25, -0.2) is 4.98 Å². The first-order valence-electron chi connectivity index (χ1n) is 8.78. The number of rotatable bonds is 12. The first kappa shape index (κ1) is 20.6. The average Bonchev–Trinajstić information content (AvgIpc) is 3.11. The van der Waals surface area contributed by atoms with Crippen molar-refractivity contribution in [2.24, 2.45) is 0 Å². The second kappa shape index (κ2) is 11.8. The molecule has 1 unspecified atom stereocenters. The molecule has 0 aliphatic carbocycles. The molecule has 138 valence electrons.